The molecule has 1 aromatic carbocycles. The molecule has 0 atom stereocenters. The number of hydrogen-bond acceptors (Lipinski definition) is 1. The SMILES string of the molecule is [CH2]c1cccc(NCC)c1. The number of nitrogens with one attached hydrogen (secondary N) is 1. The maximum Gasteiger partial charge on any atom is 0.0342 e. The molecule has 0 spiro atoms. The van der Waals surface area contributed by atoms with Gasteiger partial charge in [-0.2, -0.15) is 0 Å². The Morgan fingerprint density at radius 3 is 2.90 bits per heavy atom. The standard InChI is InChI=1S/C9H12N/c1-3-10-9-6-4-5-8(2)7-9/h4-7,10H,2-3H2,1H3. The molecule has 0 amide bonds. The quantitative estimate of drug-likeness (QED) is 0.654. The van der Waals surface area contributed by atoms with E-state index in [1.54, 1.807) is 0 Å². The third kappa shape index (κ3) is 1.76. The smallest absolute Gasteiger partial charge is 0.0342 e. The lowest BCUT2D eigenvalue weighted by Gasteiger charge is -2.01. The van der Waals surface area contributed by atoms with Gasteiger partial charge in [0.25, 0.3) is 0 Å². The fraction of sp³-hybridized carbons (Fsp3) is 0.222. The highest BCUT2D eigenvalue weighted by molar-refractivity contribution is 5.46. The van der Waals surface area contributed by atoms with E-state index in [0.717, 1.165) is 17.8 Å². The molecule has 0 aliphatic heterocycles. The average molecular weight is 134 g/mol. The third-order valence-electron chi connectivity index (χ3n) is 1.31. The summed E-state index contributed by atoms with van der Waals surface area (Å²) in [5.41, 5.74) is 2.20. The summed E-state index contributed by atoms with van der Waals surface area (Å²) in [5.74, 6) is 0. The molecule has 0 aromatic heterocycles. The molecule has 1 aromatic rings. The summed E-state index contributed by atoms with van der Waals surface area (Å²) in [4.78, 5) is 0. The highest BCUT2D eigenvalue weighted by atomic mass is 14.8. The topological polar surface area (TPSA) is 12.0 Å². The molecular weight excluding hydrogens is 122 g/mol. The predicted octanol–water partition coefficient (Wildman–Crippen LogP) is 2.30. The number of hydrogen-bond donors (Lipinski definition) is 1. The molecule has 0 heterocycles. The zero-order valence-electron chi connectivity index (χ0n) is 6.22. The normalized spacial score (nSPS) is 9.40. The van der Waals surface area contributed by atoms with Crippen molar-refractivity contribution in [3.8, 4) is 0 Å². The first kappa shape index (κ1) is 7.13. The van der Waals surface area contributed by atoms with Crippen LogP contribution >= 0.6 is 0 Å². The van der Waals surface area contributed by atoms with Gasteiger partial charge in [-0.3, -0.25) is 0 Å². The summed E-state index contributed by atoms with van der Waals surface area (Å²) < 4.78 is 0. The summed E-state index contributed by atoms with van der Waals surface area (Å²) >= 11 is 0. The van der Waals surface area contributed by atoms with E-state index in [2.05, 4.69) is 19.2 Å². The van der Waals surface area contributed by atoms with Gasteiger partial charge >= 0.3 is 0 Å². The first-order chi connectivity index (χ1) is 4.83. The number of benzene rings is 1. The molecule has 1 nitrogen and oxygen atoms in total. The minimum atomic E-state index is 0.962. The van der Waals surface area contributed by atoms with Crippen molar-refractivity contribution >= 4 is 5.69 Å². The van der Waals surface area contributed by atoms with Gasteiger partial charge in [-0.15, -0.1) is 0 Å². The number of anilines is 1. The van der Waals surface area contributed by atoms with Gasteiger partial charge in [-0.05, 0) is 31.5 Å². The largest absolute Gasteiger partial charge is 0.385 e. The van der Waals surface area contributed by atoms with E-state index in [4.69, 9.17) is 0 Å². The van der Waals surface area contributed by atoms with E-state index >= 15 is 0 Å². The molecule has 0 aliphatic carbocycles. The molecule has 0 fully saturated rings. The molecule has 10 heavy (non-hydrogen) atoms. The van der Waals surface area contributed by atoms with Crippen LogP contribution in [0, 0.1) is 6.92 Å². The Balaban J connectivity index is 2.75. The fourth-order valence-corrected chi connectivity index (χ4v) is 0.885. The molecule has 0 aliphatic rings. The van der Waals surface area contributed by atoms with E-state index in [9.17, 15) is 0 Å². The average Bonchev–Trinajstić information content (AvgIpc) is 1.88. The van der Waals surface area contributed by atoms with Crippen LogP contribution in [-0.2, 0) is 0 Å². The van der Waals surface area contributed by atoms with E-state index in [1.165, 1.54) is 0 Å². The highest BCUT2D eigenvalue weighted by Gasteiger charge is 1.87. The summed E-state index contributed by atoms with van der Waals surface area (Å²) in [5, 5.41) is 3.21. The molecule has 1 rings (SSSR count). The van der Waals surface area contributed by atoms with Crippen molar-refractivity contribution in [2.45, 2.75) is 6.92 Å². The third-order valence-corrected chi connectivity index (χ3v) is 1.31. The van der Waals surface area contributed by atoms with Gasteiger partial charge in [0.15, 0.2) is 0 Å². The minimum Gasteiger partial charge on any atom is -0.385 e. The van der Waals surface area contributed by atoms with Gasteiger partial charge in [0.2, 0.25) is 0 Å². The summed E-state index contributed by atoms with van der Waals surface area (Å²) in [6.07, 6.45) is 0. The molecule has 1 heteroatoms. The van der Waals surface area contributed by atoms with Crippen LogP contribution in [0.2, 0.25) is 0 Å². The molecule has 53 valence electrons. The first-order valence-corrected chi connectivity index (χ1v) is 3.49. The van der Waals surface area contributed by atoms with Crippen molar-refractivity contribution in [2.75, 3.05) is 11.9 Å². The second-order valence-corrected chi connectivity index (χ2v) is 2.23. The molecule has 0 bridgehead atoms. The zero-order valence-corrected chi connectivity index (χ0v) is 6.22. The Kier molecular flexibility index (Phi) is 2.32. The van der Waals surface area contributed by atoms with Gasteiger partial charge in [-0.1, -0.05) is 12.1 Å². The van der Waals surface area contributed by atoms with Crippen LogP contribution in [0.25, 0.3) is 0 Å². The lowest BCUT2D eigenvalue weighted by atomic mass is 10.2. The van der Waals surface area contributed by atoms with Gasteiger partial charge in [0, 0.05) is 12.2 Å². The van der Waals surface area contributed by atoms with Crippen LogP contribution in [0.4, 0.5) is 5.69 Å². The number of rotatable bonds is 2. The second kappa shape index (κ2) is 3.25. The second-order valence-electron chi connectivity index (χ2n) is 2.23. The maximum atomic E-state index is 3.82. The minimum absolute atomic E-state index is 0.962. The highest BCUT2D eigenvalue weighted by Crippen LogP contribution is 2.08. The van der Waals surface area contributed by atoms with Crippen LogP contribution < -0.4 is 5.32 Å². The lowest BCUT2D eigenvalue weighted by molar-refractivity contribution is 1.21. The first-order valence-electron chi connectivity index (χ1n) is 3.49. The molecule has 1 radical (unpaired) electrons. The Labute approximate surface area is 62.1 Å². The molecule has 1 N–H and O–H groups in total. The van der Waals surface area contributed by atoms with Gasteiger partial charge in [-0.25, -0.2) is 0 Å². The van der Waals surface area contributed by atoms with Crippen LogP contribution in [0.3, 0.4) is 0 Å². The Morgan fingerprint density at radius 1 is 1.50 bits per heavy atom. The summed E-state index contributed by atoms with van der Waals surface area (Å²) in [6, 6.07) is 8.06. The van der Waals surface area contributed by atoms with E-state index in [-0.39, 0.29) is 0 Å². The van der Waals surface area contributed by atoms with Crippen molar-refractivity contribution in [3.63, 3.8) is 0 Å². The van der Waals surface area contributed by atoms with Crippen molar-refractivity contribution in [1.29, 1.82) is 0 Å². The van der Waals surface area contributed by atoms with E-state index in [0.29, 0.717) is 0 Å². The van der Waals surface area contributed by atoms with Crippen molar-refractivity contribution in [3.05, 3.63) is 36.8 Å². The van der Waals surface area contributed by atoms with Crippen LogP contribution in [0.5, 0.6) is 0 Å². The molecular formula is C9H12N. The maximum absolute atomic E-state index is 3.82. The zero-order chi connectivity index (χ0) is 7.40. The predicted molar refractivity (Wildman–Crippen MR) is 45.1 cm³/mol. The van der Waals surface area contributed by atoms with Gasteiger partial charge < -0.3 is 5.32 Å². The van der Waals surface area contributed by atoms with E-state index < -0.39 is 0 Å². The van der Waals surface area contributed by atoms with Crippen LogP contribution in [0.1, 0.15) is 12.5 Å². The lowest BCUT2D eigenvalue weighted by Crippen LogP contribution is -1.95. The van der Waals surface area contributed by atoms with Crippen molar-refractivity contribution < 1.29 is 0 Å². The summed E-state index contributed by atoms with van der Waals surface area (Å²) in [7, 11) is 0. The van der Waals surface area contributed by atoms with Crippen molar-refractivity contribution in [2.24, 2.45) is 0 Å². The molecule has 0 saturated carbocycles. The monoisotopic (exact) mass is 134 g/mol. The van der Waals surface area contributed by atoms with Gasteiger partial charge in [0.1, 0.15) is 0 Å². The molecule has 0 unspecified atom stereocenters. The summed E-state index contributed by atoms with van der Waals surface area (Å²) in [6.45, 7) is 6.86. The Morgan fingerprint density at radius 2 is 2.30 bits per heavy atom. The van der Waals surface area contributed by atoms with E-state index in [1.807, 2.05) is 24.3 Å². The van der Waals surface area contributed by atoms with Crippen molar-refractivity contribution in [1.82, 2.24) is 0 Å². The molecule has 0 saturated heterocycles. The van der Waals surface area contributed by atoms with Gasteiger partial charge in [0.05, 0.1) is 0 Å². The fourth-order valence-electron chi connectivity index (χ4n) is 0.885. The Hall–Kier alpha value is -0.980. The Bertz CT molecular complexity index is 206. The van der Waals surface area contributed by atoms with Crippen LogP contribution in [-0.4, -0.2) is 6.54 Å². The van der Waals surface area contributed by atoms with Crippen LogP contribution in [0.15, 0.2) is 24.3 Å².